The summed E-state index contributed by atoms with van der Waals surface area (Å²) in [4.78, 5) is 15.5. The molecule has 0 saturated heterocycles. The minimum atomic E-state index is -2.77. The van der Waals surface area contributed by atoms with Gasteiger partial charge in [0.25, 0.3) is 0 Å². The average molecular weight is 381 g/mol. The molecule has 0 bridgehead atoms. The smallest absolute Gasteiger partial charge is 0.320 e. The quantitative estimate of drug-likeness (QED) is 0.557. The second-order valence-corrected chi connectivity index (χ2v) is 6.61. The van der Waals surface area contributed by atoms with Crippen LogP contribution in [0.3, 0.4) is 0 Å². The Kier molecular flexibility index (Phi) is 5.34. The molecule has 0 spiro atoms. The Morgan fingerprint density at radius 1 is 1.37 bits per heavy atom. The van der Waals surface area contributed by atoms with Crippen molar-refractivity contribution in [1.29, 1.82) is 0 Å². The number of halogens is 4. The number of amides is 1. The molecule has 4 nitrogen and oxygen atoms in total. The number of nitrogens with zero attached hydrogens (tertiary/aromatic N) is 2. The standard InChI is InChI=1S/C19H19F4N3O/c1-2-16(27)25-14-9-15-13(11-26(18(20)21)17(15)24-10-14)4-3-12-5-7-19(22,23)8-6-12/h2-4,9-12,18H,1,5-8H2,(H,25,27)/b4-3+. The molecule has 0 aromatic carbocycles. The summed E-state index contributed by atoms with van der Waals surface area (Å²) in [5, 5.41) is 2.98. The van der Waals surface area contributed by atoms with E-state index in [0.29, 0.717) is 29.5 Å². The van der Waals surface area contributed by atoms with E-state index in [0.717, 1.165) is 10.6 Å². The molecule has 1 N–H and O–H groups in total. The molecular formula is C19H19F4N3O. The van der Waals surface area contributed by atoms with E-state index in [1.54, 1.807) is 18.2 Å². The summed E-state index contributed by atoms with van der Waals surface area (Å²) in [6, 6.07) is 1.55. The van der Waals surface area contributed by atoms with Crippen LogP contribution in [0.1, 0.15) is 37.8 Å². The molecule has 1 aliphatic rings. The van der Waals surface area contributed by atoms with Crippen LogP contribution in [0.2, 0.25) is 0 Å². The molecule has 0 unspecified atom stereocenters. The second-order valence-electron chi connectivity index (χ2n) is 6.61. The molecule has 1 amide bonds. The van der Waals surface area contributed by atoms with Crippen molar-refractivity contribution in [3.63, 3.8) is 0 Å². The van der Waals surface area contributed by atoms with E-state index in [9.17, 15) is 22.4 Å². The molecule has 2 heterocycles. The molecule has 2 aromatic rings. The van der Waals surface area contributed by atoms with E-state index < -0.39 is 18.4 Å². The maximum Gasteiger partial charge on any atom is 0.320 e. The van der Waals surface area contributed by atoms with Crippen LogP contribution in [0.15, 0.2) is 37.2 Å². The van der Waals surface area contributed by atoms with Gasteiger partial charge in [-0.25, -0.2) is 13.8 Å². The number of fused-ring (bicyclic) bond motifs is 1. The van der Waals surface area contributed by atoms with Crippen molar-refractivity contribution in [2.75, 3.05) is 5.32 Å². The van der Waals surface area contributed by atoms with Gasteiger partial charge < -0.3 is 5.32 Å². The van der Waals surface area contributed by atoms with Crippen molar-refractivity contribution in [2.24, 2.45) is 5.92 Å². The number of hydrogen-bond acceptors (Lipinski definition) is 2. The highest BCUT2D eigenvalue weighted by molar-refractivity contribution is 6.00. The highest BCUT2D eigenvalue weighted by Crippen LogP contribution is 2.37. The molecule has 0 radical (unpaired) electrons. The predicted octanol–water partition coefficient (Wildman–Crippen LogP) is 5.39. The maximum atomic E-state index is 13.3. The lowest BCUT2D eigenvalue weighted by Gasteiger charge is -2.26. The van der Waals surface area contributed by atoms with Gasteiger partial charge in [0.05, 0.1) is 11.9 Å². The minimum absolute atomic E-state index is 0.0221. The van der Waals surface area contributed by atoms with Crippen molar-refractivity contribution in [3.05, 3.63) is 42.8 Å². The first-order chi connectivity index (χ1) is 12.8. The summed E-state index contributed by atoms with van der Waals surface area (Å²) < 4.78 is 53.8. The third-order valence-corrected chi connectivity index (χ3v) is 4.67. The first-order valence-corrected chi connectivity index (χ1v) is 8.57. The second kappa shape index (κ2) is 7.54. The molecule has 0 aliphatic heterocycles. The third kappa shape index (κ3) is 4.37. The van der Waals surface area contributed by atoms with E-state index in [2.05, 4.69) is 16.9 Å². The van der Waals surface area contributed by atoms with Crippen molar-refractivity contribution in [1.82, 2.24) is 9.55 Å². The fourth-order valence-electron chi connectivity index (χ4n) is 3.19. The molecule has 1 saturated carbocycles. The van der Waals surface area contributed by atoms with Crippen molar-refractivity contribution in [2.45, 2.75) is 38.2 Å². The molecule has 1 fully saturated rings. The number of anilines is 1. The maximum absolute atomic E-state index is 13.3. The topological polar surface area (TPSA) is 46.9 Å². The van der Waals surface area contributed by atoms with Crippen molar-refractivity contribution < 1.29 is 22.4 Å². The van der Waals surface area contributed by atoms with Gasteiger partial charge in [-0.3, -0.25) is 9.36 Å². The van der Waals surface area contributed by atoms with Gasteiger partial charge in [0.2, 0.25) is 11.8 Å². The number of aromatic nitrogens is 2. The van der Waals surface area contributed by atoms with Gasteiger partial charge in [-0.2, -0.15) is 8.78 Å². The zero-order chi connectivity index (χ0) is 19.6. The summed E-state index contributed by atoms with van der Waals surface area (Å²) >= 11 is 0. The van der Waals surface area contributed by atoms with Gasteiger partial charge in [-0.15, -0.1) is 0 Å². The van der Waals surface area contributed by atoms with E-state index in [1.807, 2.05) is 0 Å². The monoisotopic (exact) mass is 381 g/mol. The average Bonchev–Trinajstić information content (AvgIpc) is 2.99. The molecule has 2 aromatic heterocycles. The van der Waals surface area contributed by atoms with Crippen LogP contribution in [0.4, 0.5) is 23.2 Å². The SMILES string of the molecule is C=CC(=O)Nc1cnc2c(c1)c(/C=C/C1CCC(F)(F)CC1)cn2C(F)F. The van der Waals surface area contributed by atoms with E-state index in [4.69, 9.17) is 0 Å². The Morgan fingerprint density at radius 2 is 2.07 bits per heavy atom. The fraction of sp³-hybridized carbons (Fsp3) is 0.368. The minimum Gasteiger partial charge on any atom is -0.321 e. The highest BCUT2D eigenvalue weighted by atomic mass is 19.3. The predicted molar refractivity (Wildman–Crippen MR) is 95.8 cm³/mol. The summed E-state index contributed by atoms with van der Waals surface area (Å²) in [5.74, 6) is -3.08. The van der Waals surface area contributed by atoms with Crippen LogP contribution < -0.4 is 5.32 Å². The van der Waals surface area contributed by atoms with Crippen LogP contribution in [0, 0.1) is 5.92 Å². The summed E-state index contributed by atoms with van der Waals surface area (Å²) in [6.45, 7) is 0.581. The molecule has 3 rings (SSSR count). The molecule has 0 atom stereocenters. The largest absolute Gasteiger partial charge is 0.321 e. The normalized spacial score (nSPS) is 17.7. The number of allylic oxidation sites excluding steroid dienone is 1. The molecule has 1 aliphatic carbocycles. The Morgan fingerprint density at radius 3 is 2.70 bits per heavy atom. The first-order valence-electron chi connectivity index (χ1n) is 8.57. The number of pyridine rings is 1. The number of nitrogens with one attached hydrogen (secondary N) is 1. The van der Waals surface area contributed by atoms with Gasteiger partial charge in [0.1, 0.15) is 5.65 Å². The van der Waals surface area contributed by atoms with E-state index in [1.165, 1.54) is 12.4 Å². The highest BCUT2D eigenvalue weighted by Gasteiger charge is 2.33. The summed E-state index contributed by atoms with van der Waals surface area (Å²) in [5.41, 5.74) is 0.924. The van der Waals surface area contributed by atoms with Crippen molar-refractivity contribution in [3.8, 4) is 0 Å². The van der Waals surface area contributed by atoms with E-state index in [-0.39, 0.29) is 24.4 Å². The number of alkyl halides is 4. The summed E-state index contributed by atoms with van der Waals surface area (Å²) in [6.07, 6.45) is 7.49. The van der Waals surface area contributed by atoms with Crippen LogP contribution in [0.25, 0.3) is 17.1 Å². The Hall–Kier alpha value is -2.64. The first kappa shape index (κ1) is 19.1. The van der Waals surface area contributed by atoms with Crippen LogP contribution in [-0.2, 0) is 4.79 Å². The molecule has 8 heteroatoms. The summed E-state index contributed by atoms with van der Waals surface area (Å²) in [7, 11) is 0. The lowest BCUT2D eigenvalue weighted by Crippen LogP contribution is -2.23. The lowest BCUT2D eigenvalue weighted by atomic mass is 9.86. The number of carbonyl (C=O) groups excluding carboxylic acids is 1. The number of hydrogen-bond donors (Lipinski definition) is 1. The van der Waals surface area contributed by atoms with Gasteiger partial charge in [0, 0.05) is 30.0 Å². The Balaban J connectivity index is 1.90. The lowest BCUT2D eigenvalue weighted by molar-refractivity contribution is -0.111. The van der Waals surface area contributed by atoms with Gasteiger partial charge in [-0.05, 0) is 30.9 Å². The molecule has 27 heavy (non-hydrogen) atoms. The van der Waals surface area contributed by atoms with Crippen LogP contribution >= 0.6 is 0 Å². The zero-order valence-electron chi connectivity index (χ0n) is 14.5. The van der Waals surface area contributed by atoms with Gasteiger partial charge in [0.15, 0.2) is 0 Å². The van der Waals surface area contributed by atoms with Crippen molar-refractivity contribution >= 4 is 28.7 Å². The number of rotatable bonds is 5. The Bertz CT molecular complexity index is 878. The zero-order valence-corrected chi connectivity index (χ0v) is 14.5. The molecular weight excluding hydrogens is 362 g/mol. The van der Waals surface area contributed by atoms with Crippen LogP contribution in [-0.4, -0.2) is 21.4 Å². The van der Waals surface area contributed by atoms with Gasteiger partial charge in [-0.1, -0.05) is 18.7 Å². The number of carbonyl (C=O) groups is 1. The Labute approximate surface area is 153 Å². The van der Waals surface area contributed by atoms with Crippen LogP contribution in [0.5, 0.6) is 0 Å². The van der Waals surface area contributed by atoms with E-state index >= 15 is 0 Å². The molecule has 144 valence electrons. The fourth-order valence-corrected chi connectivity index (χ4v) is 3.19. The third-order valence-electron chi connectivity index (χ3n) is 4.67. The van der Waals surface area contributed by atoms with Gasteiger partial charge >= 0.3 is 6.55 Å².